The van der Waals surface area contributed by atoms with Crippen LogP contribution in [-0.2, 0) is 11.8 Å². The first-order valence-corrected chi connectivity index (χ1v) is 9.01. The molecule has 2 N–H and O–H groups in total. The third-order valence-electron chi connectivity index (χ3n) is 4.15. The Morgan fingerprint density at radius 2 is 2.04 bits per heavy atom. The summed E-state index contributed by atoms with van der Waals surface area (Å²) in [5.41, 5.74) is 6.91. The summed E-state index contributed by atoms with van der Waals surface area (Å²) in [6, 6.07) is 7.76. The lowest BCUT2D eigenvalue weighted by Crippen LogP contribution is -2.07. The first-order chi connectivity index (χ1) is 13.5. The molecule has 0 amide bonds. The molecule has 0 unspecified atom stereocenters. The molecular formula is C19H15FN4O3S. The maximum atomic E-state index is 14.1. The van der Waals surface area contributed by atoms with Gasteiger partial charge in [-0.2, -0.15) is 0 Å². The van der Waals surface area contributed by atoms with E-state index >= 15 is 0 Å². The van der Waals surface area contributed by atoms with Crippen LogP contribution in [0.25, 0.3) is 20.9 Å². The van der Waals surface area contributed by atoms with Gasteiger partial charge in [0.1, 0.15) is 11.4 Å². The molecule has 0 atom stereocenters. The van der Waals surface area contributed by atoms with Crippen molar-refractivity contribution in [3.63, 3.8) is 0 Å². The van der Waals surface area contributed by atoms with Gasteiger partial charge in [0.2, 0.25) is 0 Å². The molecule has 4 rings (SSSR count). The van der Waals surface area contributed by atoms with Gasteiger partial charge < -0.3 is 19.8 Å². The number of imidazole rings is 1. The average Bonchev–Trinajstić information content (AvgIpc) is 3.27. The standard InChI is InChI=1S/C19H15FN4O3S/c1-24-13(19(25)26-2)9-23-18(24)16-8-12-17(28-16)15(5-6-22-12)27-14-4-3-10(21)7-11(14)20/h3-9H,21H2,1-2H3. The van der Waals surface area contributed by atoms with Crippen molar-refractivity contribution in [2.75, 3.05) is 12.8 Å². The predicted octanol–water partition coefficient (Wildman–Crippen LogP) is 4.00. The number of aromatic nitrogens is 3. The minimum absolute atomic E-state index is 0.0709. The third kappa shape index (κ3) is 3.05. The van der Waals surface area contributed by atoms with Crippen molar-refractivity contribution in [2.24, 2.45) is 7.05 Å². The van der Waals surface area contributed by atoms with Gasteiger partial charge in [-0.1, -0.05) is 0 Å². The molecule has 0 radical (unpaired) electrons. The van der Waals surface area contributed by atoms with Gasteiger partial charge in [-0.15, -0.1) is 11.3 Å². The zero-order chi connectivity index (χ0) is 19.8. The van der Waals surface area contributed by atoms with E-state index in [1.165, 1.54) is 36.8 Å². The van der Waals surface area contributed by atoms with E-state index in [9.17, 15) is 9.18 Å². The van der Waals surface area contributed by atoms with E-state index < -0.39 is 11.8 Å². The molecule has 28 heavy (non-hydrogen) atoms. The predicted molar refractivity (Wildman–Crippen MR) is 104 cm³/mol. The maximum absolute atomic E-state index is 14.1. The number of benzene rings is 1. The van der Waals surface area contributed by atoms with Gasteiger partial charge in [-0.25, -0.2) is 14.2 Å². The number of methoxy groups -OCH3 is 1. The highest BCUT2D eigenvalue weighted by molar-refractivity contribution is 7.22. The molecule has 3 aromatic heterocycles. The zero-order valence-corrected chi connectivity index (χ0v) is 15.8. The van der Waals surface area contributed by atoms with Gasteiger partial charge in [0, 0.05) is 31.1 Å². The summed E-state index contributed by atoms with van der Waals surface area (Å²) in [6.45, 7) is 0. The summed E-state index contributed by atoms with van der Waals surface area (Å²) in [7, 11) is 3.05. The molecule has 4 aromatic rings. The van der Waals surface area contributed by atoms with Crippen LogP contribution in [0.2, 0.25) is 0 Å². The van der Waals surface area contributed by atoms with Crippen molar-refractivity contribution in [2.45, 2.75) is 0 Å². The van der Waals surface area contributed by atoms with Crippen LogP contribution in [-0.4, -0.2) is 27.6 Å². The highest BCUT2D eigenvalue weighted by Gasteiger charge is 2.19. The van der Waals surface area contributed by atoms with Crippen LogP contribution in [0.3, 0.4) is 0 Å². The number of nitrogen functional groups attached to an aromatic ring is 1. The number of hydrogen-bond acceptors (Lipinski definition) is 7. The molecule has 0 aliphatic rings. The second kappa shape index (κ2) is 6.93. The molecule has 9 heteroatoms. The Morgan fingerprint density at radius 3 is 2.79 bits per heavy atom. The number of carbonyl (C=O) groups excluding carboxylic acids is 1. The first kappa shape index (κ1) is 17.9. The van der Waals surface area contributed by atoms with Crippen LogP contribution in [0.1, 0.15) is 10.5 Å². The molecule has 1 aromatic carbocycles. The number of pyridine rings is 1. The molecule has 7 nitrogen and oxygen atoms in total. The summed E-state index contributed by atoms with van der Waals surface area (Å²) in [5.74, 6) is 0.110. The van der Waals surface area contributed by atoms with Crippen LogP contribution in [0.4, 0.5) is 10.1 Å². The quantitative estimate of drug-likeness (QED) is 0.413. The molecule has 3 heterocycles. The van der Waals surface area contributed by atoms with Crippen LogP contribution >= 0.6 is 11.3 Å². The van der Waals surface area contributed by atoms with E-state index in [1.54, 1.807) is 29.9 Å². The number of carbonyl (C=O) groups is 1. The van der Waals surface area contributed by atoms with Gasteiger partial charge in [0.05, 0.1) is 28.4 Å². The van der Waals surface area contributed by atoms with E-state index in [1.807, 2.05) is 6.07 Å². The third-order valence-corrected chi connectivity index (χ3v) is 5.29. The monoisotopic (exact) mass is 398 g/mol. The Labute approximate surface area is 163 Å². The van der Waals surface area contributed by atoms with Crippen molar-refractivity contribution in [1.82, 2.24) is 14.5 Å². The zero-order valence-electron chi connectivity index (χ0n) is 15.0. The molecule has 0 aliphatic heterocycles. The number of ether oxygens (including phenoxy) is 2. The smallest absolute Gasteiger partial charge is 0.356 e. The Balaban J connectivity index is 1.75. The topological polar surface area (TPSA) is 92.3 Å². The van der Waals surface area contributed by atoms with E-state index in [2.05, 4.69) is 9.97 Å². The lowest BCUT2D eigenvalue weighted by molar-refractivity contribution is 0.0590. The summed E-state index contributed by atoms with van der Waals surface area (Å²) in [4.78, 5) is 21.3. The van der Waals surface area contributed by atoms with E-state index in [-0.39, 0.29) is 5.75 Å². The minimum Gasteiger partial charge on any atom is -0.464 e. The van der Waals surface area contributed by atoms with Gasteiger partial charge in [-0.3, -0.25) is 4.98 Å². The SMILES string of the molecule is COC(=O)c1cnc(-c2cc3nccc(Oc4ccc(N)cc4F)c3s2)n1C. The van der Waals surface area contributed by atoms with Gasteiger partial charge in [0.25, 0.3) is 0 Å². The fourth-order valence-electron chi connectivity index (χ4n) is 2.76. The van der Waals surface area contributed by atoms with Crippen molar-refractivity contribution < 1.29 is 18.7 Å². The largest absolute Gasteiger partial charge is 0.464 e. The number of esters is 1. The Morgan fingerprint density at radius 1 is 1.21 bits per heavy atom. The number of anilines is 1. The molecule has 0 saturated heterocycles. The number of hydrogen-bond donors (Lipinski definition) is 1. The van der Waals surface area contributed by atoms with Crippen LogP contribution in [0.5, 0.6) is 11.5 Å². The van der Waals surface area contributed by atoms with Crippen molar-refractivity contribution in [1.29, 1.82) is 0 Å². The van der Waals surface area contributed by atoms with E-state index in [0.29, 0.717) is 28.5 Å². The average molecular weight is 398 g/mol. The fraction of sp³-hybridized carbons (Fsp3) is 0.105. The highest BCUT2D eigenvalue weighted by atomic mass is 32.1. The van der Waals surface area contributed by atoms with Crippen molar-refractivity contribution in [3.05, 3.63) is 54.2 Å². The normalized spacial score (nSPS) is 11.0. The summed E-state index contributed by atoms with van der Waals surface area (Å²) >= 11 is 1.38. The molecule has 0 spiro atoms. The summed E-state index contributed by atoms with van der Waals surface area (Å²) in [5, 5.41) is 0. The number of nitrogens with two attached hydrogens (primary N) is 1. The van der Waals surface area contributed by atoms with Gasteiger partial charge >= 0.3 is 5.97 Å². The second-order valence-corrected chi connectivity index (χ2v) is 7.00. The van der Waals surface area contributed by atoms with Crippen molar-refractivity contribution >= 4 is 33.2 Å². The molecule has 0 bridgehead atoms. The minimum atomic E-state index is -0.548. The number of nitrogens with zero attached hydrogens (tertiary/aromatic N) is 3. The Bertz CT molecular complexity index is 1200. The number of thiophene rings is 1. The van der Waals surface area contributed by atoms with Gasteiger partial charge in [-0.05, 0) is 18.2 Å². The fourth-order valence-corrected chi connectivity index (χ4v) is 3.85. The van der Waals surface area contributed by atoms with Crippen LogP contribution in [0.15, 0.2) is 42.7 Å². The molecule has 142 valence electrons. The lowest BCUT2D eigenvalue weighted by Gasteiger charge is -2.07. The van der Waals surface area contributed by atoms with E-state index in [0.717, 1.165) is 9.58 Å². The molecule has 0 fully saturated rings. The van der Waals surface area contributed by atoms with Crippen LogP contribution in [0, 0.1) is 5.82 Å². The molecular weight excluding hydrogens is 383 g/mol. The van der Waals surface area contributed by atoms with Gasteiger partial charge in [0.15, 0.2) is 17.4 Å². The number of halogens is 1. The van der Waals surface area contributed by atoms with Crippen LogP contribution < -0.4 is 10.5 Å². The molecule has 0 aliphatic carbocycles. The Hall–Kier alpha value is -3.46. The second-order valence-electron chi connectivity index (χ2n) is 5.94. The Kier molecular flexibility index (Phi) is 4.44. The summed E-state index contributed by atoms with van der Waals surface area (Å²) < 4.78 is 27.0. The van der Waals surface area contributed by atoms with E-state index in [4.69, 9.17) is 15.2 Å². The highest BCUT2D eigenvalue weighted by Crippen LogP contribution is 2.39. The molecule has 0 saturated carbocycles. The first-order valence-electron chi connectivity index (χ1n) is 8.19. The lowest BCUT2D eigenvalue weighted by atomic mass is 10.3. The maximum Gasteiger partial charge on any atom is 0.356 e. The summed E-state index contributed by atoms with van der Waals surface area (Å²) in [6.07, 6.45) is 3.04. The number of rotatable bonds is 4. The number of fused-ring (bicyclic) bond motifs is 1. The van der Waals surface area contributed by atoms with Crippen molar-refractivity contribution in [3.8, 4) is 22.2 Å².